The van der Waals surface area contributed by atoms with Gasteiger partial charge in [-0.25, -0.2) is 9.78 Å². The Kier molecular flexibility index (Phi) is 5.55. The molecule has 0 unspecified atom stereocenters. The van der Waals surface area contributed by atoms with Crippen LogP contribution in [-0.4, -0.2) is 27.2 Å². The van der Waals surface area contributed by atoms with E-state index in [1.807, 2.05) is 12.1 Å². The lowest BCUT2D eigenvalue weighted by Crippen LogP contribution is -2.07. The molecule has 0 spiro atoms. The molecule has 192 valence electrons. The summed E-state index contributed by atoms with van der Waals surface area (Å²) in [4.78, 5) is 19.5. The van der Waals surface area contributed by atoms with E-state index in [0.29, 0.717) is 24.6 Å². The predicted molar refractivity (Wildman–Crippen MR) is 154 cm³/mol. The van der Waals surface area contributed by atoms with Gasteiger partial charge in [0, 0.05) is 37.2 Å². The van der Waals surface area contributed by atoms with Crippen LogP contribution in [0.15, 0.2) is 48.5 Å². The van der Waals surface area contributed by atoms with Gasteiger partial charge in [-0.2, -0.15) is 0 Å². The second-order valence-electron chi connectivity index (χ2n) is 10.7. The molecule has 4 heterocycles. The van der Waals surface area contributed by atoms with Crippen molar-refractivity contribution < 1.29 is 14.6 Å². The van der Waals surface area contributed by atoms with Crippen molar-refractivity contribution in [2.24, 2.45) is 0 Å². The summed E-state index contributed by atoms with van der Waals surface area (Å²) in [5, 5.41) is 11.9. The molecule has 1 saturated carbocycles. The van der Waals surface area contributed by atoms with Gasteiger partial charge in [-0.05, 0) is 80.6 Å². The third-order valence-electron chi connectivity index (χ3n) is 8.32. The van der Waals surface area contributed by atoms with Gasteiger partial charge in [-0.15, -0.1) is 11.3 Å². The van der Waals surface area contributed by atoms with E-state index in [-0.39, 0.29) is 0 Å². The minimum absolute atomic E-state index is 0.326. The molecule has 0 saturated heterocycles. The van der Waals surface area contributed by atoms with Crippen LogP contribution in [0.2, 0.25) is 0 Å². The SMILES string of the molecule is Cc1cc(-c2ccc3c4c(ccc3n2)-c2c(C3CCCCC3)c3ccc(C(=O)O)cc3n2CCO4)c(C)s1. The van der Waals surface area contributed by atoms with Crippen molar-refractivity contribution in [3.8, 4) is 28.3 Å². The van der Waals surface area contributed by atoms with Gasteiger partial charge in [-0.1, -0.05) is 25.3 Å². The average Bonchev–Trinajstić information content (AvgIpc) is 3.36. The third kappa shape index (κ3) is 3.65. The first-order chi connectivity index (χ1) is 18.5. The number of nitrogens with zero attached hydrogens (tertiary/aromatic N) is 2. The highest BCUT2D eigenvalue weighted by Gasteiger charge is 2.30. The Morgan fingerprint density at radius 1 is 1.00 bits per heavy atom. The number of benzene rings is 2. The molecule has 0 bridgehead atoms. The summed E-state index contributed by atoms with van der Waals surface area (Å²) in [5.41, 5.74) is 8.07. The molecule has 2 aromatic carbocycles. The number of rotatable bonds is 3. The molecule has 1 N–H and O–H groups in total. The van der Waals surface area contributed by atoms with Crippen molar-refractivity contribution in [1.82, 2.24) is 9.55 Å². The first-order valence-electron chi connectivity index (χ1n) is 13.5. The number of carbonyl (C=O) groups is 1. The number of aromatic carboxylic acids is 1. The molecule has 5 aromatic rings. The van der Waals surface area contributed by atoms with Gasteiger partial charge in [0.1, 0.15) is 12.4 Å². The van der Waals surface area contributed by atoms with Crippen molar-refractivity contribution in [2.75, 3.05) is 6.61 Å². The number of aromatic nitrogens is 2. The minimum atomic E-state index is -0.893. The Morgan fingerprint density at radius 2 is 1.82 bits per heavy atom. The van der Waals surface area contributed by atoms with Crippen molar-refractivity contribution in [1.29, 1.82) is 0 Å². The zero-order valence-corrected chi connectivity index (χ0v) is 22.5. The normalized spacial score (nSPS) is 15.7. The Balaban J connectivity index is 1.47. The van der Waals surface area contributed by atoms with Gasteiger partial charge in [-0.3, -0.25) is 0 Å². The van der Waals surface area contributed by atoms with Crippen LogP contribution in [0.5, 0.6) is 5.75 Å². The molecule has 3 aromatic heterocycles. The van der Waals surface area contributed by atoms with E-state index in [1.165, 1.54) is 64.1 Å². The van der Waals surface area contributed by atoms with E-state index < -0.39 is 5.97 Å². The highest BCUT2D eigenvalue weighted by atomic mass is 32.1. The fourth-order valence-electron chi connectivity index (χ4n) is 6.63. The summed E-state index contributed by atoms with van der Waals surface area (Å²) in [6.07, 6.45) is 6.09. The summed E-state index contributed by atoms with van der Waals surface area (Å²) in [6, 6.07) is 16.4. The molecule has 1 aliphatic carbocycles. The Morgan fingerprint density at radius 3 is 2.58 bits per heavy atom. The number of ether oxygens (including phenoxy) is 1. The maximum absolute atomic E-state index is 11.8. The van der Waals surface area contributed by atoms with E-state index >= 15 is 0 Å². The first kappa shape index (κ1) is 23.5. The number of carboxylic acid groups (broad SMARTS) is 1. The Bertz CT molecular complexity index is 1740. The van der Waals surface area contributed by atoms with Crippen LogP contribution in [0.4, 0.5) is 0 Å². The van der Waals surface area contributed by atoms with Crippen LogP contribution in [0.3, 0.4) is 0 Å². The van der Waals surface area contributed by atoms with E-state index in [2.05, 4.69) is 48.7 Å². The molecule has 6 heteroatoms. The quantitative estimate of drug-likeness (QED) is 0.259. The highest BCUT2D eigenvalue weighted by molar-refractivity contribution is 7.12. The molecule has 1 aliphatic heterocycles. The molecule has 0 radical (unpaired) electrons. The number of hydrogen-bond acceptors (Lipinski definition) is 4. The summed E-state index contributed by atoms with van der Waals surface area (Å²) < 4.78 is 8.78. The molecule has 7 rings (SSSR count). The number of hydrogen-bond donors (Lipinski definition) is 1. The van der Waals surface area contributed by atoms with Crippen molar-refractivity contribution in [2.45, 2.75) is 58.4 Å². The monoisotopic (exact) mass is 522 g/mol. The second kappa shape index (κ2) is 8.98. The highest BCUT2D eigenvalue weighted by Crippen LogP contribution is 2.48. The molecular weight excluding hydrogens is 492 g/mol. The van der Waals surface area contributed by atoms with Crippen LogP contribution in [0.25, 0.3) is 44.3 Å². The summed E-state index contributed by atoms with van der Waals surface area (Å²) in [5.74, 6) is 0.456. The van der Waals surface area contributed by atoms with Crippen LogP contribution in [0.1, 0.15) is 63.7 Å². The minimum Gasteiger partial charge on any atom is -0.490 e. The van der Waals surface area contributed by atoms with E-state index in [0.717, 1.165) is 33.4 Å². The summed E-state index contributed by atoms with van der Waals surface area (Å²) >= 11 is 1.80. The predicted octanol–water partition coefficient (Wildman–Crippen LogP) is 8.34. The lowest BCUT2D eigenvalue weighted by atomic mass is 9.81. The number of fused-ring (bicyclic) bond motifs is 7. The maximum Gasteiger partial charge on any atom is 0.335 e. The van der Waals surface area contributed by atoms with E-state index in [4.69, 9.17) is 9.72 Å². The van der Waals surface area contributed by atoms with Crippen LogP contribution >= 0.6 is 11.3 Å². The van der Waals surface area contributed by atoms with Gasteiger partial charge in [0.25, 0.3) is 0 Å². The number of carboxylic acids is 1. The fourth-order valence-corrected chi connectivity index (χ4v) is 7.56. The zero-order chi connectivity index (χ0) is 26.0. The van der Waals surface area contributed by atoms with E-state index in [1.54, 1.807) is 17.4 Å². The van der Waals surface area contributed by atoms with Crippen LogP contribution < -0.4 is 4.74 Å². The molecule has 1 fully saturated rings. The topological polar surface area (TPSA) is 64.3 Å². The van der Waals surface area contributed by atoms with Gasteiger partial charge >= 0.3 is 5.97 Å². The number of thiophene rings is 1. The average molecular weight is 523 g/mol. The standard InChI is InChI=1S/C32H30N2O3S/c1-18-16-25(19(2)38-18)27-12-10-22-26(33-27)13-11-24-30-29(20-6-4-3-5-7-20)23-9-8-21(32(35)36)17-28(23)34(30)14-15-37-31(22)24/h8-13,16-17,20H,3-7,14-15H2,1-2H3,(H,35,36). The van der Waals surface area contributed by atoms with Crippen LogP contribution in [0, 0.1) is 13.8 Å². The summed E-state index contributed by atoms with van der Waals surface area (Å²) in [6.45, 7) is 5.49. The lowest BCUT2D eigenvalue weighted by Gasteiger charge is -2.23. The molecule has 38 heavy (non-hydrogen) atoms. The van der Waals surface area contributed by atoms with Gasteiger partial charge in [0.2, 0.25) is 0 Å². The molecule has 0 amide bonds. The molecule has 5 nitrogen and oxygen atoms in total. The largest absolute Gasteiger partial charge is 0.490 e. The fraction of sp³-hybridized carbons (Fsp3) is 0.312. The summed E-state index contributed by atoms with van der Waals surface area (Å²) in [7, 11) is 0. The smallest absolute Gasteiger partial charge is 0.335 e. The molecule has 2 aliphatic rings. The van der Waals surface area contributed by atoms with Crippen molar-refractivity contribution in [3.63, 3.8) is 0 Å². The first-order valence-corrected chi connectivity index (χ1v) is 14.3. The second-order valence-corrected chi connectivity index (χ2v) is 12.1. The number of aryl methyl sites for hydroxylation is 2. The van der Waals surface area contributed by atoms with Crippen molar-refractivity contribution in [3.05, 3.63) is 69.4 Å². The van der Waals surface area contributed by atoms with Crippen molar-refractivity contribution >= 4 is 39.1 Å². The maximum atomic E-state index is 11.8. The zero-order valence-electron chi connectivity index (χ0n) is 21.7. The lowest BCUT2D eigenvalue weighted by molar-refractivity contribution is 0.0697. The van der Waals surface area contributed by atoms with Gasteiger partial charge < -0.3 is 14.4 Å². The Labute approximate surface area is 225 Å². The van der Waals surface area contributed by atoms with E-state index in [9.17, 15) is 9.90 Å². The third-order valence-corrected chi connectivity index (χ3v) is 9.29. The molecule has 0 atom stereocenters. The number of pyridine rings is 1. The van der Waals surface area contributed by atoms with Crippen LogP contribution in [-0.2, 0) is 6.54 Å². The molecular formula is C32H30N2O3S. The van der Waals surface area contributed by atoms with Gasteiger partial charge in [0.15, 0.2) is 0 Å². The van der Waals surface area contributed by atoms with Gasteiger partial charge in [0.05, 0.1) is 29.0 Å². The Hall–Kier alpha value is -3.64.